The lowest BCUT2D eigenvalue weighted by Crippen LogP contribution is -2.69. The van der Waals surface area contributed by atoms with Crippen LogP contribution in [0.25, 0.3) is 0 Å². The van der Waals surface area contributed by atoms with Gasteiger partial charge in [-0.25, -0.2) is 0 Å². The van der Waals surface area contributed by atoms with E-state index in [9.17, 15) is 29.1 Å². The molecule has 1 saturated heterocycles. The molecule has 1 heterocycles. The topological polar surface area (TPSA) is 133 Å². The SMILES string of the molecule is C=C1C=C2[C@]34CC[C@H](OC(C)=O)C(C)(C)[C@H]3[C@H](C[C@]2(C)[C@]2(C(=O)OC)C(=O)[C@](C)(O)C(=O)[C@]12C)OC4=O. The Labute approximate surface area is 215 Å². The predicted octanol–water partition coefficient (Wildman–Crippen LogP) is 2.24. The maximum Gasteiger partial charge on any atom is 0.321 e. The molecule has 0 radical (unpaired) electrons. The summed E-state index contributed by atoms with van der Waals surface area (Å²) in [6, 6.07) is 0. The molecule has 37 heavy (non-hydrogen) atoms. The summed E-state index contributed by atoms with van der Waals surface area (Å²) in [6.45, 7) is 13.6. The molecule has 1 aliphatic heterocycles. The normalized spacial score (nSPS) is 47.4. The van der Waals surface area contributed by atoms with Crippen LogP contribution in [-0.4, -0.2) is 59.5 Å². The third kappa shape index (κ3) is 2.39. The van der Waals surface area contributed by atoms with Gasteiger partial charge in [0.1, 0.15) is 12.2 Å². The molecule has 9 heteroatoms. The average Bonchev–Trinajstić information content (AvgIpc) is 3.11. The number of rotatable bonds is 2. The number of ketones is 2. The monoisotopic (exact) mass is 514 g/mol. The van der Waals surface area contributed by atoms with Crippen molar-refractivity contribution < 1.29 is 43.3 Å². The van der Waals surface area contributed by atoms with E-state index in [2.05, 4.69) is 6.58 Å². The number of aliphatic hydroxyl groups is 1. The summed E-state index contributed by atoms with van der Waals surface area (Å²) >= 11 is 0. The molecule has 0 aromatic carbocycles. The van der Waals surface area contributed by atoms with Crippen molar-refractivity contribution in [2.45, 2.75) is 78.6 Å². The lowest BCUT2D eigenvalue weighted by atomic mass is 9.35. The number of hydrogen-bond acceptors (Lipinski definition) is 9. The van der Waals surface area contributed by atoms with Gasteiger partial charge in [0.15, 0.2) is 22.6 Å². The second kappa shape index (κ2) is 6.98. The zero-order valence-electron chi connectivity index (χ0n) is 22.4. The van der Waals surface area contributed by atoms with E-state index in [-0.39, 0.29) is 18.4 Å². The Kier molecular flexibility index (Phi) is 4.87. The molecule has 5 aliphatic rings. The van der Waals surface area contributed by atoms with Gasteiger partial charge in [-0.15, -0.1) is 0 Å². The van der Waals surface area contributed by atoms with Gasteiger partial charge < -0.3 is 19.3 Å². The Morgan fingerprint density at radius 2 is 1.73 bits per heavy atom. The molecule has 1 N–H and O–H groups in total. The van der Waals surface area contributed by atoms with Crippen molar-refractivity contribution in [3.63, 3.8) is 0 Å². The second-order valence-electron chi connectivity index (χ2n) is 12.6. The van der Waals surface area contributed by atoms with Crippen molar-refractivity contribution >= 4 is 29.5 Å². The van der Waals surface area contributed by atoms with Crippen molar-refractivity contribution in [2.75, 3.05) is 7.11 Å². The summed E-state index contributed by atoms with van der Waals surface area (Å²) in [7, 11) is 1.14. The molecular formula is C28H34O9. The molecule has 8 atom stereocenters. The Morgan fingerprint density at radius 1 is 1.11 bits per heavy atom. The average molecular weight is 515 g/mol. The van der Waals surface area contributed by atoms with E-state index in [0.29, 0.717) is 12.0 Å². The van der Waals surface area contributed by atoms with Crippen molar-refractivity contribution in [1.29, 1.82) is 0 Å². The summed E-state index contributed by atoms with van der Waals surface area (Å²) < 4.78 is 16.9. The van der Waals surface area contributed by atoms with Gasteiger partial charge in [-0.3, -0.25) is 24.0 Å². The summed E-state index contributed by atoms with van der Waals surface area (Å²) in [4.78, 5) is 67.4. The van der Waals surface area contributed by atoms with E-state index in [0.717, 1.165) is 14.0 Å². The third-order valence-corrected chi connectivity index (χ3v) is 10.7. The van der Waals surface area contributed by atoms with Gasteiger partial charge in [0.05, 0.1) is 17.9 Å². The van der Waals surface area contributed by atoms with Gasteiger partial charge in [0.2, 0.25) is 0 Å². The standard InChI is InChI=1S/C28H34O9/c1-13-11-16-24(5,28(22(33)35-8)20(31)26(7,34)19(30)25(13,28)6)12-15-18-23(3,4)17(36-14(2)29)9-10-27(16,18)21(32)37-15/h11,15,17-18,34H,1,9-10,12H2,2-8H3/t15-,17-,18+,24-,25-,26+,27+,28+/m0/s1. The van der Waals surface area contributed by atoms with Crippen LogP contribution >= 0.6 is 0 Å². The second-order valence-corrected chi connectivity index (χ2v) is 12.6. The molecule has 0 aromatic heterocycles. The minimum Gasteiger partial charge on any atom is -0.468 e. The molecule has 200 valence electrons. The first kappa shape index (κ1) is 25.8. The Morgan fingerprint density at radius 3 is 2.30 bits per heavy atom. The van der Waals surface area contributed by atoms with E-state index in [1.807, 2.05) is 13.8 Å². The molecule has 0 amide bonds. The van der Waals surface area contributed by atoms with E-state index in [4.69, 9.17) is 14.2 Å². The third-order valence-electron chi connectivity index (χ3n) is 10.7. The number of carbonyl (C=O) groups excluding carboxylic acids is 5. The van der Waals surface area contributed by atoms with Crippen molar-refractivity contribution in [3.8, 4) is 0 Å². The summed E-state index contributed by atoms with van der Waals surface area (Å²) in [5.41, 5.74) is -9.08. The van der Waals surface area contributed by atoms with Crippen LogP contribution in [0.3, 0.4) is 0 Å². The zero-order chi connectivity index (χ0) is 27.7. The van der Waals surface area contributed by atoms with Crippen LogP contribution in [0.5, 0.6) is 0 Å². The number of hydrogen-bond donors (Lipinski definition) is 1. The lowest BCUT2D eigenvalue weighted by molar-refractivity contribution is -0.189. The van der Waals surface area contributed by atoms with Gasteiger partial charge >= 0.3 is 17.9 Å². The Bertz CT molecular complexity index is 1240. The molecule has 2 bridgehead atoms. The number of carbonyl (C=O) groups is 5. The fourth-order valence-electron chi connectivity index (χ4n) is 9.22. The zero-order valence-corrected chi connectivity index (χ0v) is 22.4. The van der Waals surface area contributed by atoms with Crippen LogP contribution in [0.2, 0.25) is 0 Å². The van der Waals surface area contributed by atoms with Crippen LogP contribution in [0.1, 0.15) is 60.8 Å². The molecule has 4 fully saturated rings. The number of Topliss-reactive ketones (excluding diaryl/α,β-unsaturated/α-hetero) is 2. The van der Waals surface area contributed by atoms with E-state index >= 15 is 0 Å². The van der Waals surface area contributed by atoms with Crippen LogP contribution < -0.4 is 0 Å². The minimum absolute atomic E-state index is 0.0419. The fraction of sp³-hybridized carbons (Fsp3) is 0.679. The highest BCUT2D eigenvalue weighted by atomic mass is 16.6. The van der Waals surface area contributed by atoms with Crippen LogP contribution in [0.15, 0.2) is 23.8 Å². The summed E-state index contributed by atoms with van der Waals surface area (Å²) in [6.07, 6.45) is 1.14. The summed E-state index contributed by atoms with van der Waals surface area (Å²) in [5.74, 6) is -4.04. The Balaban J connectivity index is 1.82. The first-order valence-corrected chi connectivity index (χ1v) is 12.6. The van der Waals surface area contributed by atoms with Gasteiger partial charge in [-0.05, 0) is 44.3 Å². The van der Waals surface area contributed by atoms with Gasteiger partial charge in [0.25, 0.3) is 0 Å². The number of allylic oxidation sites excluding steroid dienone is 2. The molecule has 5 rings (SSSR count). The van der Waals surface area contributed by atoms with Crippen LogP contribution in [0, 0.1) is 33.0 Å². The highest BCUT2D eigenvalue weighted by Crippen LogP contribution is 2.78. The number of methoxy groups -OCH3 is 1. The largest absolute Gasteiger partial charge is 0.468 e. The highest BCUT2D eigenvalue weighted by Gasteiger charge is 2.87. The highest BCUT2D eigenvalue weighted by molar-refractivity contribution is 6.30. The van der Waals surface area contributed by atoms with Gasteiger partial charge in [-0.2, -0.15) is 0 Å². The molecule has 9 nitrogen and oxygen atoms in total. The van der Waals surface area contributed by atoms with Crippen LogP contribution in [0.4, 0.5) is 0 Å². The summed E-state index contributed by atoms with van der Waals surface area (Å²) in [5, 5.41) is 11.2. The Hall–Kier alpha value is -2.81. The smallest absolute Gasteiger partial charge is 0.321 e. The molecule has 0 unspecified atom stereocenters. The van der Waals surface area contributed by atoms with Crippen molar-refractivity contribution in [2.24, 2.45) is 33.0 Å². The molecular weight excluding hydrogens is 480 g/mol. The fourth-order valence-corrected chi connectivity index (χ4v) is 9.22. The maximum atomic E-state index is 14.2. The van der Waals surface area contributed by atoms with E-state index in [1.165, 1.54) is 13.8 Å². The minimum atomic E-state index is -2.46. The van der Waals surface area contributed by atoms with Gasteiger partial charge in [0, 0.05) is 23.7 Å². The quantitative estimate of drug-likeness (QED) is 0.335. The maximum absolute atomic E-state index is 14.2. The molecule has 0 aromatic rings. The van der Waals surface area contributed by atoms with Crippen LogP contribution in [-0.2, 0) is 38.2 Å². The lowest BCUT2D eigenvalue weighted by Gasteiger charge is -2.63. The molecule has 0 spiro atoms. The van der Waals surface area contributed by atoms with Crippen molar-refractivity contribution in [1.82, 2.24) is 0 Å². The number of esters is 3. The predicted molar refractivity (Wildman–Crippen MR) is 128 cm³/mol. The van der Waals surface area contributed by atoms with E-state index < -0.39 is 80.3 Å². The van der Waals surface area contributed by atoms with Gasteiger partial charge in [-0.1, -0.05) is 33.4 Å². The molecule has 4 aliphatic carbocycles. The first-order chi connectivity index (χ1) is 16.9. The van der Waals surface area contributed by atoms with Crippen molar-refractivity contribution in [3.05, 3.63) is 23.8 Å². The number of fused-ring (bicyclic) bond motifs is 3. The number of ether oxygens (including phenoxy) is 3. The van der Waals surface area contributed by atoms with E-state index in [1.54, 1.807) is 13.0 Å². The molecule has 3 saturated carbocycles. The first-order valence-electron chi connectivity index (χ1n) is 12.6.